The second-order valence-corrected chi connectivity index (χ2v) is 12.9. The number of carbonyl (C=O) groups is 3. The number of rotatable bonds is 3. The number of ether oxygens (including phenoxy) is 3. The minimum Gasteiger partial charge on any atom is -0.472 e. The van der Waals surface area contributed by atoms with Crippen LogP contribution in [0, 0.1) is 34.0 Å². The summed E-state index contributed by atoms with van der Waals surface area (Å²) in [6.45, 7) is 5.44. The zero-order valence-corrected chi connectivity index (χ0v) is 21.2. The van der Waals surface area contributed by atoms with Crippen molar-refractivity contribution in [2.75, 3.05) is 7.11 Å². The summed E-state index contributed by atoms with van der Waals surface area (Å²) in [6.07, 6.45) is 0.133. The van der Waals surface area contributed by atoms with Gasteiger partial charge in [0.1, 0.15) is 23.4 Å². The van der Waals surface area contributed by atoms with Crippen LogP contribution in [0.25, 0.3) is 0 Å². The molecule has 0 aromatic carbocycles. The highest BCUT2D eigenvalue weighted by atomic mass is 16.7. The van der Waals surface area contributed by atoms with Crippen molar-refractivity contribution >= 4 is 17.7 Å². The number of aliphatic hydroxyl groups is 3. The van der Waals surface area contributed by atoms with Crippen molar-refractivity contribution in [2.45, 2.75) is 81.6 Å². The third-order valence-corrected chi connectivity index (χ3v) is 11.9. The fraction of sp³-hybridized carbons (Fsp3) is 0.741. The van der Waals surface area contributed by atoms with Gasteiger partial charge in [0, 0.05) is 33.6 Å². The van der Waals surface area contributed by atoms with Gasteiger partial charge in [-0.1, -0.05) is 20.8 Å². The van der Waals surface area contributed by atoms with Crippen molar-refractivity contribution in [2.24, 2.45) is 34.0 Å². The van der Waals surface area contributed by atoms with Crippen LogP contribution in [0.4, 0.5) is 0 Å². The Morgan fingerprint density at radius 2 is 1.97 bits per heavy atom. The second-order valence-electron chi connectivity index (χ2n) is 12.9. The minimum atomic E-state index is -1.66. The van der Waals surface area contributed by atoms with Crippen LogP contribution in [0.2, 0.25) is 0 Å². The number of hydrogen-bond acceptors (Lipinski definition) is 10. The molecule has 200 valence electrons. The minimum absolute atomic E-state index is 0.0107. The molecule has 0 amide bonds. The molecule has 4 aliphatic carbocycles. The van der Waals surface area contributed by atoms with E-state index in [9.17, 15) is 29.7 Å². The molecule has 3 heterocycles. The van der Waals surface area contributed by atoms with Crippen molar-refractivity contribution in [3.8, 4) is 0 Å². The van der Waals surface area contributed by atoms with E-state index in [2.05, 4.69) is 0 Å². The second kappa shape index (κ2) is 6.47. The first-order valence-electron chi connectivity index (χ1n) is 12.9. The van der Waals surface area contributed by atoms with Gasteiger partial charge in [0.05, 0.1) is 37.6 Å². The maximum Gasteiger partial charge on any atom is 0.335 e. The number of esters is 2. The van der Waals surface area contributed by atoms with E-state index in [1.54, 1.807) is 19.9 Å². The topological polar surface area (TPSA) is 156 Å². The Bertz CT molecular complexity index is 1240. The van der Waals surface area contributed by atoms with Gasteiger partial charge in [-0.25, -0.2) is 4.79 Å². The summed E-state index contributed by atoms with van der Waals surface area (Å²) in [5.74, 6) is -4.48. The van der Waals surface area contributed by atoms with E-state index in [1.807, 2.05) is 6.92 Å². The van der Waals surface area contributed by atoms with E-state index < -0.39 is 86.8 Å². The van der Waals surface area contributed by atoms with Gasteiger partial charge in [0.2, 0.25) is 0 Å². The highest BCUT2D eigenvalue weighted by molar-refractivity contribution is 5.93. The number of methoxy groups -OCH3 is 1. The number of ketones is 1. The van der Waals surface area contributed by atoms with Gasteiger partial charge in [-0.2, -0.15) is 0 Å². The lowest BCUT2D eigenvalue weighted by Gasteiger charge is -2.54. The van der Waals surface area contributed by atoms with Crippen molar-refractivity contribution in [1.82, 2.24) is 0 Å². The van der Waals surface area contributed by atoms with Gasteiger partial charge in [-0.3, -0.25) is 9.59 Å². The van der Waals surface area contributed by atoms with E-state index in [4.69, 9.17) is 18.6 Å². The van der Waals surface area contributed by atoms with Crippen LogP contribution in [0.3, 0.4) is 0 Å². The van der Waals surface area contributed by atoms with E-state index in [0.29, 0.717) is 18.4 Å². The molecule has 37 heavy (non-hydrogen) atoms. The van der Waals surface area contributed by atoms with Gasteiger partial charge in [-0.15, -0.1) is 0 Å². The Morgan fingerprint density at radius 3 is 2.62 bits per heavy atom. The maximum atomic E-state index is 14.0. The average molecular weight is 517 g/mol. The normalized spacial score (nSPS) is 55.6. The largest absolute Gasteiger partial charge is 0.472 e. The molecular formula is C27H32O10. The maximum absolute atomic E-state index is 14.0. The predicted molar refractivity (Wildman–Crippen MR) is 121 cm³/mol. The first kappa shape index (κ1) is 23.8. The Kier molecular flexibility index (Phi) is 4.17. The third-order valence-electron chi connectivity index (χ3n) is 11.9. The molecule has 2 spiro atoms. The number of fused-ring (bicyclic) bond motifs is 2. The molecule has 3 N–H and O–H groups in total. The van der Waals surface area contributed by atoms with Crippen LogP contribution in [0.5, 0.6) is 0 Å². The lowest BCUT2D eigenvalue weighted by molar-refractivity contribution is -0.185. The summed E-state index contributed by atoms with van der Waals surface area (Å²) < 4.78 is 22.7. The molecule has 10 heteroatoms. The van der Waals surface area contributed by atoms with E-state index in [0.717, 1.165) is 0 Å². The van der Waals surface area contributed by atoms with Crippen LogP contribution in [0.15, 0.2) is 23.0 Å². The molecule has 2 bridgehead atoms. The first-order valence-corrected chi connectivity index (χ1v) is 12.9. The summed E-state index contributed by atoms with van der Waals surface area (Å²) >= 11 is 0. The number of aliphatic hydroxyl groups excluding tert-OH is 2. The first-order chi connectivity index (χ1) is 17.3. The molecule has 6 fully saturated rings. The van der Waals surface area contributed by atoms with Crippen LogP contribution in [0.1, 0.15) is 58.1 Å². The quantitative estimate of drug-likeness (QED) is 0.392. The number of cyclic esters (lactones) is 1. The summed E-state index contributed by atoms with van der Waals surface area (Å²) in [4.78, 5) is 39.8. The fourth-order valence-electron chi connectivity index (χ4n) is 10.6. The van der Waals surface area contributed by atoms with Crippen LogP contribution >= 0.6 is 0 Å². The average Bonchev–Trinajstić information content (AvgIpc) is 3.11. The highest BCUT2D eigenvalue weighted by Gasteiger charge is 2.99. The SMILES string of the molecule is COC(=O)C(O)C1C2(C)CC3(O)C(C(=O)C2O)C24OC25CC(=O)OC(c2ccoc2)C5(C)CCC4C13C. The third kappa shape index (κ3) is 2.11. The molecule has 10 nitrogen and oxygen atoms in total. The van der Waals surface area contributed by atoms with Crippen molar-refractivity contribution in [3.05, 3.63) is 24.2 Å². The van der Waals surface area contributed by atoms with E-state index in [-0.39, 0.29) is 12.8 Å². The lowest BCUT2D eigenvalue weighted by Crippen LogP contribution is -2.64. The van der Waals surface area contributed by atoms with Crippen LogP contribution < -0.4 is 0 Å². The zero-order valence-electron chi connectivity index (χ0n) is 21.2. The van der Waals surface area contributed by atoms with Gasteiger partial charge in [0.15, 0.2) is 11.9 Å². The summed E-state index contributed by atoms with van der Waals surface area (Å²) in [7, 11) is 1.17. The standard InChI is InChI=1S/C27H32O10/c1-22-11-25(33)18(15(29)19(22)31)27-13(24(25,3)17(22)16(30)21(32)34-4)5-7-23(2)20(12-6-8-35-10-12)36-14(28)9-26(23,27)37-27/h6,8,10,13,16-20,30-31,33H,5,7,9,11H2,1-4H3. The molecule has 12 unspecified atom stereocenters. The molecule has 12 atom stereocenters. The van der Waals surface area contributed by atoms with Gasteiger partial charge in [-0.05, 0) is 25.3 Å². The Morgan fingerprint density at radius 1 is 1.24 bits per heavy atom. The Labute approximate surface area is 213 Å². The summed E-state index contributed by atoms with van der Waals surface area (Å²) in [5.41, 5.74) is -6.52. The highest BCUT2D eigenvalue weighted by Crippen LogP contribution is 2.88. The van der Waals surface area contributed by atoms with Gasteiger partial charge < -0.3 is 33.9 Å². The van der Waals surface area contributed by atoms with Crippen molar-refractivity contribution in [3.63, 3.8) is 0 Å². The number of epoxide rings is 1. The monoisotopic (exact) mass is 516 g/mol. The number of carbonyl (C=O) groups excluding carboxylic acids is 3. The van der Waals surface area contributed by atoms with Crippen LogP contribution in [-0.2, 0) is 28.6 Å². The lowest BCUT2D eigenvalue weighted by atomic mass is 9.48. The predicted octanol–water partition coefficient (Wildman–Crippen LogP) is 1.06. The summed E-state index contributed by atoms with van der Waals surface area (Å²) in [6, 6.07) is 1.74. The van der Waals surface area contributed by atoms with E-state index in [1.165, 1.54) is 19.6 Å². The zero-order chi connectivity index (χ0) is 26.6. The van der Waals surface area contributed by atoms with Crippen molar-refractivity contribution in [1.29, 1.82) is 0 Å². The molecule has 1 aromatic heterocycles. The molecule has 6 aliphatic rings. The number of Topliss-reactive ketones (excluding diaryl/α,β-unsaturated/α-hetero) is 1. The Balaban J connectivity index is 1.45. The van der Waals surface area contributed by atoms with Gasteiger partial charge >= 0.3 is 11.9 Å². The van der Waals surface area contributed by atoms with Crippen molar-refractivity contribution < 1.29 is 48.3 Å². The van der Waals surface area contributed by atoms with Gasteiger partial charge in [0.25, 0.3) is 0 Å². The van der Waals surface area contributed by atoms with Crippen LogP contribution in [-0.4, -0.2) is 69.2 Å². The molecule has 1 aromatic rings. The molecular weight excluding hydrogens is 484 g/mol. The van der Waals surface area contributed by atoms with E-state index >= 15 is 0 Å². The summed E-state index contributed by atoms with van der Waals surface area (Å²) in [5, 5.41) is 35.2. The molecule has 7 rings (SSSR count). The number of hydrogen-bond donors (Lipinski definition) is 3. The smallest absolute Gasteiger partial charge is 0.335 e. The number of furan rings is 1. The molecule has 2 saturated heterocycles. The molecule has 2 aliphatic heterocycles. The Hall–Kier alpha value is -2.27. The fourth-order valence-corrected chi connectivity index (χ4v) is 10.6. The molecule has 4 saturated carbocycles. The molecule has 0 radical (unpaired) electrons.